The molecule has 0 aliphatic carbocycles. The average Bonchev–Trinajstić information content (AvgIpc) is 3.22. The minimum absolute atomic E-state index is 0.0774. The quantitative estimate of drug-likeness (QED) is 0.326. The summed E-state index contributed by atoms with van der Waals surface area (Å²) < 4.78 is 7.23. The second-order valence-corrected chi connectivity index (χ2v) is 8.74. The SMILES string of the molecule is Nc1c(Nc2ccc(Oc3ccncc3)cc2)nn2c(O)c3c(nc12)CCN(Cc1ccccc1)C3. The number of hydrogen-bond donors (Lipinski definition) is 3. The third-order valence-corrected chi connectivity index (χ3v) is 6.25. The number of aromatic hydroxyl groups is 1. The highest BCUT2D eigenvalue weighted by molar-refractivity contribution is 5.81. The van der Waals surface area contributed by atoms with E-state index in [-0.39, 0.29) is 5.88 Å². The lowest BCUT2D eigenvalue weighted by molar-refractivity contribution is 0.236. The number of rotatable bonds is 6. The largest absolute Gasteiger partial charge is 0.493 e. The summed E-state index contributed by atoms with van der Waals surface area (Å²) >= 11 is 0. The average molecular weight is 480 g/mol. The molecule has 9 nitrogen and oxygen atoms in total. The van der Waals surface area contributed by atoms with Crippen LogP contribution in [0.1, 0.15) is 16.8 Å². The van der Waals surface area contributed by atoms with Crippen molar-refractivity contribution < 1.29 is 9.84 Å². The maximum Gasteiger partial charge on any atom is 0.220 e. The molecule has 0 radical (unpaired) electrons. The van der Waals surface area contributed by atoms with Crippen molar-refractivity contribution in [1.82, 2.24) is 24.5 Å². The van der Waals surface area contributed by atoms with Crippen molar-refractivity contribution in [2.75, 3.05) is 17.6 Å². The van der Waals surface area contributed by atoms with Crippen LogP contribution in [0.5, 0.6) is 17.4 Å². The summed E-state index contributed by atoms with van der Waals surface area (Å²) in [6.07, 6.45) is 4.09. The van der Waals surface area contributed by atoms with Gasteiger partial charge in [-0.15, -0.1) is 5.10 Å². The van der Waals surface area contributed by atoms with Crippen LogP contribution in [0.15, 0.2) is 79.1 Å². The fourth-order valence-electron chi connectivity index (χ4n) is 4.42. The lowest BCUT2D eigenvalue weighted by Crippen LogP contribution is -2.31. The third kappa shape index (κ3) is 4.27. The molecule has 0 atom stereocenters. The molecule has 1 aliphatic rings. The normalized spacial score (nSPS) is 13.4. The molecule has 0 spiro atoms. The van der Waals surface area contributed by atoms with Gasteiger partial charge in [-0.3, -0.25) is 9.88 Å². The van der Waals surface area contributed by atoms with E-state index in [1.54, 1.807) is 24.5 Å². The Kier molecular flexibility index (Phi) is 5.59. The van der Waals surface area contributed by atoms with E-state index in [0.29, 0.717) is 35.2 Å². The van der Waals surface area contributed by atoms with Crippen molar-refractivity contribution in [2.45, 2.75) is 19.5 Å². The van der Waals surface area contributed by atoms with Crippen molar-refractivity contribution in [3.05, 3.63) is 95.9 Å². The zero-order valence-corrected chi connectivity index (χ0v) is 19.5. The summed E-state index contributed by atoms with van der Waals surface area (Å²) in [5.41, 5.74) is 10.9. The van der Waals surface area contributed by atoms with Crippen molar-refractivity contribution >= 4 is 22.8 Å². The maximum absolute atomic E-state index is 11.1. The summed E-state index contributed by atoms with van der Waals surface area (Å²) in [7, 11) is 0. The molecule has 2 aromatic carbocycles. The van der Waals surface area contributed by atoms with Gasteiger partial charge in [-0.2, -0.15) is 4.52 Å². The van der Waals surface area contributed by atoms with E-state index in [9.17, 15) is 5.11 Å². The molecule has 180 valence electrons. The molecule has 36 heavy (non-hydrogen) atoms. The Morgan fingerprint density at radius 2 is 1.72 bits per heavy atom. The molecule has 0 unspecified atom stereocenters. The van der Waals surface area contributed by atoms with Gasteiger partial charge in [0.25, 0.3) is 0 Å². The van der Waals surface area contributed by atoms with Gasteiger partial charge in [-0.05, 0) is 42.0 Å². The van der Waals surface area contributed by atoms with Crippen LogP contribution in [-0.4, -0.2) is 36.1 Å². The number of nitrogens with two attached hydrogens (primary N) is 1. The molecule has 0 fully saturated rings. The number of anilines is 3. The van der Waals surface area contributed by atoms with Gasteiger partial charge in [0, 0.05) is 49.7 Å². The highest BCUT2D eigenvalue weighted by Crippen LogP contribution is 2.33. The number of pyridine rings is 1. The second-order valence-electron chi connectivity index (χ2n) is 8.74. The van der Waals surface area contributed by atoms with E-state index in [1.807, 2.05) is 42.5 Å². The van der Waals surface area contributed by atoms with Gasteiger partial charge in [-0.25, -0.2) is 4.98 Å². The molecular weight excluding hydrogens is 454 g/mol. The van der Waals surface area contributed by atoms with E-state index >= 15 is 0 Å². The summed E-state index contributed by atoms with van der Waals surface area (Å²) in [4.78, 5) is 11.1. The molecule has 1 aliphatic heterocycles. The Labute approximate surface area is 207 Å². The summed E-state index contributed by atoms with van der Waals surface area (Å²) in [6, 6.07) is 21.4. The van der Waals surface area contributed by atoms with Gasteiger partial charge in [0.1, 0.15) is 17.2 Å². The number of hydrogen-bond acceptors (Lipinski definition) is 8. The number of nitrogens with zero attached hydrogens (tertiary/aromatic N) is 5. The number of benzene rings is 2. The molecule has 4 heterocycles. The predicted octanol–water partition coefficient (Wildman–Crippen LogP) is 4.51. The van der Waals surface area contributed by atoms with Crippen molar-refractivity contribution in [1.29, 1.82) is 0 Å². The monoisotopic (exact) mass is 479 g/mol. The van der Waals surface area contributed by atoms with E-state index in [2.05, 4.69) is 32.4 Å². The summed E-state index contributed by atoms with van der Waals surface area (Å²) in [5, 5.41) is 18.8. The second kappa shape index (κ2) is 9.20. The Bertz CT molecular complexity index is 1500. The van der Waals surface area contributed by atoms with Gasteiger partial charge >= 0.3 is 0 Å². The lowest BCUT2D eigenvalue weighted by atomic mass is 10.1. The Balaban J connectivity index is 1.22. The van der Waals surface area contributed by atoms with Crippen molar-refractivity contribution in [3.8, 4) is 17.4 Å². The van der Waals surface area contributed by atoms with Crippen LogP contribution in [0.2, 0.25) is 0 Å². The first-order chi connectivity index (χ1) is 17.6. The first-order valence-electron chi connectivity index (χ1n) is 11.7. The van der Waals surface area contributed by atoms with Crippen LogP contribution in [0.3, 0.4) is 0 Å². The molecule has 3 aromatic heterocycles. The maximum atomic E-state index is 11.1. The molecule has 6 rings (SSSR count). The first kappa shape index (κ1) is 21.9. The van der Waals surface area contributed by atoms with Gasteiger partial charge in [0.15, 0.2) is 11.5 Å². The summed E-state index contributed by atoms with van der Waals surface area (Å²) in [5.74, 6) is 1.92. The van der Waals surface area contributed by atoms with Gasteiger partial charge in [-0.1, -0.05) is 30.3 Å². The van der Waals surface area contributed by atoms with Crippen LogP contribution in [0.25, 0.3) is 5.65 Å². The topological polar surface area (TPSA) is 114 Å². The minimum Gasteiger partial charge on any atom is -0.493 e. The predicted molar refractivity (Wildman–Crippen MR) is 137 cm³/mol. The highest BCUT2D eigenvalue weighted by atomic mass is 16.5. The van der Waals surface area contributed by atoms with E-state index < -0.39 is 0 Å². The molecule has 0 amide bonds. The molecule has 0 saturated heterocycles. The van der Waals surface area contributed by atoms with E-state index in [4.69, 9.17) is 15.5 Å². The molecule has 5 aromatic rings. The van der Waals surface area contributed by atoms with Crippen LogP contribution in [0, 0.1) is 0 Å². The zero-order valence-electron chi connectivity index (χ0n) is 19.5. The van der Waals surface area contributed by atoms with Crippen LogP contribution in [-0.2, 0) is 19.5 Å². The standard InChI is InChI=1S/C27H25N7O2/c28-24-25(30-19-6-8-20(9-7-19)36-21-10-13-29-14-11-21)32-34-26(24)31-23-12-15-33(17-22(23)27(34)35)16-18-4-2-1-3-5-18/h1-11,13-14,35H,12,15-17,28H2,(H,30,32). The Morgan fingerprint density at radius 3 is 2.50 bits per heavy atom. The van der Waals surface area contributed by atoms with Gasteiger partial charge in [0.05, 0.1) is 5.69 Å². The third-order valence-electron chi connectivity index (χ3n) is 6.25. The van der Waals surface area contributed by atoms with E-state index in [0.717, 1.165) is 36.5 Å². The number of aromatic nitrogens is 4. The minimum atomic E-state index is 0.0774. The van der Waals surface area contributed by atoms with Crippen LogP contribution >= 0.6 is 0 Å². The highest BCUT2D eigenvalue weighted by Gasteiger charge is 2.25. The van der Waals surface area contributed by atoms with Gasteiger partial charge in [0.2, 0.25) is 5.88 Å². The molecular formula is C27H25N7O2. The Hall–Kier alpha value is -4.63. The lowest BCUT2D eigenvalue weighted by Gasteiger charge is -2.28. The number of fused-ring (bicyclic) bond motifs is 2. The Morgan fingerprint density at radius 1 is 0.972 bits per heavy atom. The van der Waals surface area contributed by atoms with Crippen molar-refractivity contribution in [2.24, 2.45) is 0 Å². The molecule has 0 bridgehead atoms. The van der Waals surface area contributed by atoms with Crippen LogP contribution in [0.4, 0.5) is 17.2 Å². The first-order valence-corrected chi connectivity index (χ1v) is 11.7. The molecule has 9 heteroatoms. The smallest absolute Gasteiger partial charge is 0.220 e. The molecule has 0 saturated carbocycles. The van der Waals surface area contributed by atoms with E-state index in [1.165, 1.54) is 10.1 Å². The summed E-state index contributed by atoms with van der Waals surface area (Å²) in [6.45, 7) is 2.27. The number of nitrogen functional groups attached to an aromatic ring is 1. The van der Waals surface area contributed by atoms with Gasteiger partial charge < -0.3 is 20.9 Å². The molecule has 4 N–H and O–H groups in total. The number of nitrogens with one attached hydrogen (secondary N) is 1. The van der Waals surface area contributed by atoms with Crippen LogP contribution < -0.4 is 15.8 Å². The fraction of sp³-hybridized carbons (Fsp3) is 0.148. The zero-order chi connectivity index (χ0) is 24.5. The van der Waals surface area contributed by atoms with Crippen molar-refractivity contribution in [3.63, 3.8) is 0 Å². The fourth-order valence-corrected chi connectivity index (χ4v) is 4.42. The number of ether oxygens (including phenoxy) is 1.